The highest BCUT2D eigenvalue weighted by molar-refractivity contribution is 6.31. The summed E-state index contributed by atoms with van der Waals surface area (Å²) in [5.74, 6) is -2.70. The second-order valence-electron chi connectivity index (χ2n) is 5.88. The summed E-state index contributed by atoms with van der Waals surface area (Å²) in [5.41, 5.74) is 0.709. The van der Waals surface area contributed by atoms with Crippen LogP contribution in [0.2, 0.25) is 5.02 Å². The molecule has 2 heterocycles. The van der Waals surface area contributed by atoms with Gasteiger partial charge in [0, 0.05) is 22.5 Å². The zero-order valence-electron chi connectivity index (χ0n) is 14.4. The van der Waals surface area contributed by atoms with Crippen LogP contribution in [0.3, 0.4) is 0 Å². The van der Waals surface area contributed by atoms with Crippen LogP contribution in [-0.4, -0.2) is 47.5 Å². The number of carbonyl (C=O) groups is 2. The molecular formula is C17H15ClFN5O3. The summed E-state index contributed by atoms with van der Waals surface area (Å²) in [5, 5.41) is 13.6. The number of amides is 1. The van der Waals surface area contributed by atoms with Gasteiger partial charge < -0.3 is 10.0 Å². The molecule has 0 saturated heterocycles. The molecule has 1 amide bonds. The van der Waals surface area contributed by atoms with Crippen LogP contribution in [0.25, 0.3) is 5.78 Å². The van der Waals surface area contributed by atoms with Crippen molar-refractivity contribution in [3.8, 4) is 0 Å². The van der Waals surface area contributed by atoms with Crippen molar-refractivity contribution in [3.63, 3.8) is 0 Å². The van der Waals surface area contributed by atoms with Crippen LogP contribution in [0, 0.1) is 12.7 Å². The van der Waals surface area contributed by atoms with Crippen molar-refractivity contribution in [2.75, 3.05) is 0 Å². The number of benzene rings is 1. The molecule has 3 rings (SSSR count). The summed E-state index contributed by atoms with van der Waals surface area (Å²) in [6, 6.07) is 4.50. The molecule has 1 atom stereocenters. The monoisotopic (exact) mass is 391 g/mol. The molecule has 2 aromatic heterocycles. The zero-order valence-corrected chi connectivity index (χ0v) is 15.2. The molecule has 10 heteroatoms. The summed E-state index contributed by atoms with van der Waals surface area (Å²) in [7, 11) is 0. The van der Waals surface area contributed by atoms with Gasteiger partial charge in [-0.05, 0) is 32.0 Å². The highest BCUT2D eigenvalue weighted by Crippen LogP contribution is 2.22. The predicted molar refractivity (Wildman–Crippen MR) is 93.9 cm³/mol. The van der Waals surface area contributed by atoms with Crippen LogP contribution in [-0.2, 0) is 11.3 Å². The van der Waals surface area contributed by atoms with E-state index in [0.29, 0.717) is 5.69 Å². The normalized spacial score (nSPS) is 12.1. The minimum Gasteiger partial charge on any atom is -0.480 e. The van der Waals surface area contributed by atoms with Gasteiger partial charge in [-0.3, -0.25) is 4.79 Å². The van der Waals surface area contributed by atoms with Gasteiger partial charge in [0.1, 0.15) is 11.9 Å². The number of carboxylic acid groups (broad SMARTS) is 1. The molecule has 0 aliphatic rings. The van der Waals surface area contributed by atoms with Crippen molar-refractivity contribution in [2.45, 2.75) is 26.4 Å². The Kier molecular flexibility index (Phi) is 5.04. The van der Waals surface area contributed by atoms with Crippen molar-refractivity contribution in [3.05, 3.63) is 58.4 Å². The van der Waals surface area contributed by atoms with E-state index in [1.807, 2.05) is 0 Å². The lowest BCUT2D eigenvalue weighted by Crippen LogP contribution is -2.43. The average molecular weight is 392 g/mol. The number of hydrogen-bond donors (Lipinski definition) is 1. The van der Waals surface area contributed by atoms with Crippen molar-refractivity contribution < 1.29 is 19.1 Å². The van der Waals surface area contributed by atoms with Crippen molar-refractivity contribution in [2.24, 2.45) is 0 Å². The fraction of sp³-hybridized carbons (Fsp3) is 0.235. The van der Waals surface area contributed by atoms with Gasteiger partial charge in [-0.1, -0.05) is 17.7 Å². The Morgan fingerprint density at radius 2 is 2.11 bits per heavy atom. The van der Waals surface area contributed by atoms with Gasteiger partial charge in [0.2, 0.25) is 5.82 Å². The summed E-state index contributed by atoms with van der Waals surface area (Å²) in [6.07, 6.45) is 1.52. The van der Waals surface area contributed by atoms with Gasteiger partial charge in [-0.15, -0.1) is 5.10 Å². The van der Waals surface area contributed by atoms with E-state index < -0.39 is 23.7 Å². The highest BCUT2D eigenvalue weighted by Gasteiger charge is 2.31. The van der Waals surface area contributed by atoms with E-state index in [2.05, 4.69) is 15.1 Å². The second kappa shape index (κ2) is 7.28. The maximum absolute atomic E-state index is 14.1. The lowest BCUT2D eigenvalue weighted by Gasteiger charge is -2.26. The molecule has 3 aromatic rings. The summed E-state index contributed by atoms with van der Waals surface area (Å²) < 4.78 is 15.5. The first kappa shape index (κ1) is 18.7. The Morgan fingerprint density at radius 3 is 2.74 bits per heavy atom. The lowest BCUT2D eigenvalue weighted by molar-refractivity contribution is -0.141. The van der Waals surface area contributed by atoms with Gasteiger partial charge in [-0.25, -0.2) is 18.7 Å². The van der Waals surface area contributed by atoms with Crippen LogP contribution in [0.1, 0.15) is 28.8 Å². The maximum Gasteiger partial charge on any atom is 0.326 e. The Morgan fingerprint density at radius 1 is 1.37 bits per heavy atom. The fourth-order valence-electron chi connectivity index (χ4n) is 2.50. The van der Waals surface area contributed by atoms with Crippen LogP contribution in [0.5, 0.6) is 0 Å². The summed E-state index contributed by atoms with van der Waals surface area (Å²) >= 11 is 6.02. The smallest absolute Gasteiger partial charge is 0.326 e. The van der Waals surface area contributed by atoms with Crippen molar-refractivity contribution >= 4 is 29.3 Å². The van der Waals surface area contributed by atoms with Crippen molar-refractivity contribution in [1.82, 2.24) is 24.5 Å². The molecule has 0 aliphatic carbocycles. The molecule has 27 heavy (non-hydrogen) atoms. The van der Waals surface area contributed by atoms with Crippen LogP contribution in [0.4, 0.5) is 4.39 Å². The Bertz CT molecular complexity index is 1020. The van der Waals surface area contributed by atoms with Crippen LogP contribution in [0.15, 0.2) is 30.5 Å². The third-order valence-electron chi connectivity index (χ3n) is 4.10. The Labute approximate surface area is 158 Å². The minimum atomic E-state index is -1.26. The van der Waals surface area contributed by atoms with Gasteiger partial charge in [-0.2, -0.15) is 4.98 Å². The second-order valence-corrected chi connectivity index (χ2v) is 6.29. The van der Waals surface area contributed by atoms with Gasteiger partial charge >= 0.3 is 5.97 Å². The molecule has 0 spiro atoms. The van der Waals surface area contributed by atoms with E-state index in [4.69, 9.17) is 11.6 Å². The average Bonchev–Trinajstić information content (AvgIpc) is 3.06. The molecule has 0 saturated carbocycles. The van der Waals surface area contributed by atoms with Crippen molar-refractivity contribution in [1.29, 1.82) is 0 Å². The lowest BCUT2D eigenvalue weighted by atomic mass is 10.1. The first-order chi connectivity index (χ1) is 12.8. The fourth-order valence-corrected chi connectivity index (χ4v) is 2.72. The van der Waals surface area contributed by atoms with E-state index in [1.165, 1.54) is 35.8 Å². The maximum atomic E-state index is 14.1. The molecule has 0 bridgehead atoms. The highest BCUT2D eigenvalue weighted by atomic mass is 35.5. The third kappa shape index (κ3) is 3.59. The van der Waals surface area contributed by atoms with E-state index in [-0.39, 0.29) is 28.7 Å². The quantitative estimate of drug-likeness (QED) is 0.716. The number of nitrogens with zero attached hydrogens (tertiary/aromatic N) is 5. The molecule has 0 radical (unpaired) electrons. The molecule has 0 aliphatic heterocycles. The van der Waals surface area contributed by atoms with E-state index in [1.54, 1.807) is 13.0 Å². The van der Waals surface area contributed by atoms with Gasteiger partial charge in [0.25, 0.3) is 11.7 Å². The first-order valence-corrected chi connectivity index (χ1v) is 8.32. The standard InChI is InChI=1S/C17H15ClFN5O3/c1-9-6-7-20-17-21-14(22-24(9)17)15(25)23(10(2)16(26)27)8-11-12(18)4-3-5-13(11)19/h3-7,10H,8H2,1-2H3,(H,26,27). The number of carboxylic acids is 1. The number of rotatable bonds is 5. The number of aromatic nitrogens is 4. The van der Waals surface area contributed by atoms with Crippen LogP contribution >= 0.6 is 11.6 Å². The molecule has 1 N–H and O–H groups in total. The van der Waals surface area contributed by atoms with E-state index >= 15 is 0 Å². The number of aliphatic carboxylic acids is 1. The van der Waals surface area contributed by atoms with Gasteiger partial charge in [0.15, 0.2) is 0 Å². The Balaban J connectivity index is 2.02. The summed E-state index contributed by atoms with van der Waals surface area (Å²) in [6.45, 7) is 2.72. The molecule has 0 fully saturated rings. The van der Waals surface area contributed by atoms with Gasteiger partial charge in [0.05, 0.1) is 6.54 Å². The summed E-state index contributed by atoms with van der Waals surface area (Å²) in [4.78, 5) is 33.4. The molecule has 1 unspecified atom stereocenters. The number of hydrogen-bond acceptors (Lipinski definition) is 5. The Hall–Kier alpha value is -3.07. The molecule has 8 nitrogen and oxygen atoms in total. The molecule has 140 valence electrons. The topological polar surface area (TPSA) is 101 Å². The number of aryl methyl sites for hydroxylation is 1. The predicted octanol–water partition coefficient (Wildman–Crippen LogP) is 2.34. The third-order valence-corrected chi connectivity index (χ3v) is 4.45. The zero-order chi connectivity index (χ0) is 19.7. The number of halogens is 2. The minimum absolute atomic E-state index is 0.0127. The number of carbonyl (C=O) groups excluding carboxylic acids is 1. The first-order valence-electron chi connectivity index (χ1n) is 7.94. The molecule has 1 aromatic carbocycles. The largest absolute Gasteiger partial charge is 0.480 e. The number of fused-ring (bicyclic) bond motifs is 1. The van der Waals surface area contributed by atoms with Crippen LogP contribution < -0.4 is 0 Å². The molecular weight excluding hydrogens is 377 g/mol. The van der Waals surface area contributed by atoms with E-state index in [0.717, 1.165) is 4.90 Å². The van der Waals surface area contributed by atoms with E-state index in [9.17, 15) is 19.1 Å². The SMILES string of the molecule is Cc1ccnc2nc(C(=O)N(Cc3c(F)cccc3Cl)C(C)C(=O)O)nn12.